The van der Waals surface area contributed by atoms with Crippen LogP contribution in [0.15, 0.2) is 30.3 Å². The Morgan fingerprint density at radius 2 is 1.75 bits per heavy atom. The average molecular weight is 216 g/mol. The summed E-state index contributed by atoms with van der Waals surface area (Å²) in [5, 5.41) is 0. The van der Waals surface area contributed by atoms with E-state index in [0.717, 1.165) is 25.7 Å². The Morgan fingerprint density at radius 1 is 1.12 bits per heavy atom. The van der Waals surface area contributed by atoms with Gasteiger partial charge in [-0.15, -0.1) is 0 Å². The Morgan fingerprint density at radius 3 is 2.31 bits per heavy atom. The molecule has 0 aliphatic heterocycles. The van der Waals surface area contributed by atoms with Crippen LogP contribution in [-0.2, 0) is 4.79 Å². The van der Waals surface area contributed by atoms with E-state index in [1.807, 2.05) is 12.4 Å². The number of hydrogen-bond donors (Lipinski definition) is 1. The Bertz CT molecular complexity index is 328. The molecule has 0 heterocycles. The quantitative estimate of drug-likeness (QED) is 0.843. The number of benzene rings is 1. The molecule has 2 heteroatoms. The van der Waals surface area contributed by atoms with E-state index >= 15 is 0 Å². The molecular formula is C14H18NO. The topological polar surface area (TPSA) is 43.1 Å². The second-order valence-corrected chi connectivity index (χ2v) is 4.67. The summed E-state index contributed by atoms with van der Waals surface area (Å²) >= 11 is 0. The molecule has 1 saturated carbocycles. The van der Waals surface area contributed by atoms with Crippen LogP contribution in [0.2, 0.25) is 0 Å². The first-order valence-corrected chi connectivity index (χ1v) is 5.99. The lowest BCUT2D eigenvalue weighted by Gasteiger charge is -2.30. The molecule has 0 aromatic heterocycles. The zero-order valence-electron chi connectivity index (χ0n) is 9.43. The molecular weight excluding hydrogens is 198 g/mol. The van der Waals surface area contributed by atoms with Gasteiger partial charge in [0.15, 0.2) is 0 Å². The molecule has 16 heavy (non-hydrogen) atoms. The van der Waals surface area contributed by atoms with Crippen LogP contribution in [0.25, 0.3) is 0 Å². The van der Waals surface area contributed by atoms with E-state index < -0.39 is 0 Å². The van der Waals surface area contributed by atoms with Gasteiger partial charge in [-0.2, -0.15) is 0 Å². The predicted molar refractivity (Wildman–Crippen MR) is 64.8 cm³/mol. The van der Waals surface area contributed by atoms with Crippen molar-refractivity contribution in [2.24, 2.45) is 11.7 Å². The lowest BCUT2D eigenvalue weighted by Crippen LogP contribution is -2.33. The van der Waals surface area contributed by atoms with Gasteiger partial charge in [-0.1, -0.05) is 30.3 Å². The van der Waals surface area contributed by atoms with Crippen LogP contribution < -0.4 is 5.73 Å². The maximum atomic E-state index is 10.5. The fourth-order valence-corrected chi connectivity index (χ4v) is 2.63. The van der Waals surface area contributed by atoms with Gasteiger partial charge in [-0.05, 0) is 43.1 Å². The molecule has 1 fully saturated rings. The van der Waals surface area contributed by atoms with Gasteiger partial charge in [0.05, 0.1) is 6.04 Å². The highest BCUT2D eigenvalue weighted by molar-refractivity contribution is 5.58. The van der Waals surface area contributed by atoms with Crippen molar-refractivity contribution in [1.82, 2.24) is 0 Å². The van der Waals surface area contributed by atoms with Crippen molar-refractivity contribution in [2.45, 2.75) is 37.6 Å². The third kappa shape index (κ3) is 2.50. The first-order valence-electron chi connectivity index (χ1n) is 5.99. The lowest BCUT2D eigenvalue weighted by molar-refractivity contribution is 0.308. The Labute approximate surface area is 96.8 Å². The first-order chi connectivity index (χ1) is 7.81. The summed E-state index contributed by atoms with van der Waals surface area (Å²) < 4.78 is 0. The number of hydrogen-bond acceptors (Lipinski definition) is 2. The van der Waals surface area contributed by atoms with Crippen LogP contribution in [-0.4, -0.2) is 12.3 Å². The molecule has 0 bridgehead atoms. The Kier molecular flexibility index (Phi) is 3.73. The summed E-state index contributed by atoms with van der Waals surface area (Å²) in [4.78, 5) is 10.5. The van der Waals surface area contributed by atoms with Gasteiger partial charge >= 0.3 is 0 Å². The largest absolute Gasteiger partial charge is 0.321 e. The van der Waals surface area contributed by atoms with Crippen LogP contribution >= 0.6 is 0 Å². The van der Waals surface area contributed by atoms with Crippen molar-refractivity contribution in [3.05, 3.63) is 35.9 Å². The fourth-order valence-electron chi connectivity index (χ4n) is 2.63. The van der Waals surface area contributed by atoms with Gasteiger partial charge < -0.3 is 5.73 Å². The van der Waals surface area contributed by atoms with Crippen molar-refractivity contribution in [3.8, 4) is 0 Å². The summed E-state index contributed by atoms with van der Waals surface area (Å²) in [5.74, 6) is 0.994. The van der Waals surface area contributed by atoms with Crippen LogP contribution in [0.1, 0.15) is 37.2 Å². The number of carbonyl (C=O) groups excluding carboxylic acids is 1. The van der Waals surface area contributed by atoms with Crippen LogP contribution in [0.4, 0.5) is 0 Å². The van der Waals surface area contributed by atoms with E-state index in [-0.39, 0.29) is 6.04 Å². The van der Waals surface area contributed by atoms with E-state index in [1.54, 1.807) is 0 Å². The van der Waals surface area contributed by atoms with Gasteiger partial charge in [0.25, 0.3) is 0 Å². The van der Waals surface area contributed by atoms with Gasteiger partial charge in [-0.25, -0.2) is 0 Å². The molecule has 1 aliphatic rings. The van der Waals surface area contributed by atoms with Crippen molar-refractivity contribution in [1.29, 1.82) is 0 Å². The van der Waals surface area contributed by atoms with Crippen molar-refractivity contribution < 1.29 is 4.79 Å². The molecule has 1 aliphatic carbocycles. The Hall–Kier alpha value is -1.15. The molecule has 0 spiro atoms. The van der Waals surface area contributed by atoms with Crippen LogP contribution in [0.5, 0.6) is 0 Å². The third-order valence-corrected chi connectivity index (χ3v) is 3.69. The summed E-state index contributed by atoms with van der Waals surface area (Å²) in [6.45, 7) is 0. The number of rotatable bonds is 3. The zero-order valence-corrected chi connectivity index (χ0v) is 9.43. The predicted octanol–water partition coefficient (Wildman–Crippen LogP) is 2.40. The second-order valence-electron chi connectivity index (χ2n) is 4.67. The van der Waals surface area contributed by atoms with Crippen molar-refractivity contribution in [3.63, 3.8) is 0 Å². The maximum Gasteiger partial charge on any atom is 0.216 e. The second kappa shape index (κ2) is 5.26. The summed E-state index contributed by atoms with van der Waals surface area (Å²) in [6, 6.07) is 10.2. The molecule has 1 aromatic rings. The van der Waals surface area contributed by atoms with E-state index in [2.05, 4.69) is 24.3 Å². The van der Waals surface area contributed by atoms with Crippen molar-refractivity contribution in [2.75, 3.05) is 0 Å². The van der Waals surface area contributed by atoms with Gasteiger partial charge in [0.2, 0.25) is 6.29 Å². The van der Waals surface area contributed by atoms with Gasteiger partial charge in [0.1, 0.15) is 0 Å². The standard InChI is InChI=1S/C14H18NO/c15-14(10-16)13-8-6-12(7-9-13)11-4-2-1-3-5-11/h1-5,12-14H,6-9,15H2. The molecule has 2 nitrogen and oxygen atoms in total. The van der Waals surface area contributed by atoms with E-state index in [4.69, 9.17) is 5.73 Å². The molecule has 2 rings (SSSR count). The highest BCUT2D eigenvalue weighted by atomic mass is 16.1. The minimum Gasteiger partial charge on any atom is -0.321 e. The van der Waals surface area contributed by atoms with Crippen LogP contribution in [0.3, 0.4) is 0 Å². The minimum absolute atomic E-state index is 0.345. The third-order valence-electron chi connectivity index (χ3n) is 3.69. The van der Waals surface area contributed by atoms with Crippen molar-refractivity contribution >= 4 is 6.29 Å². The van der Waals surface area contributed by atoms with Gasteiger partial charge in [0, 0.05) is 0 Å². The van der Waals surface area contributed by atoms with E-state index in [1.165, 1.54) is 5.56 Å². The normalized spacial score (nSPS) is 27.3. The first kappa shape index (κ1) is 11.3. The molecule has 1 unspecified atom stereocenters. The smallest absolute Gasteiger partial charge is 0.216 e. The minimum atomic E-state index is -0.378. The van der Waals surface area contributed by atoms with E-state index in [9.17, 15) is 4.79 Å². The summed E-state index contributed by atoms with van der Waals surface area (Å²) in [5.41, 5.74) is 7.13. The molecule has 1 atom stereocenters. The maximum absolute atomic E-state index is 10.5. The fraction of sp³-hybridized carbons (Fsp3) is 0.500. The number of nitrogens with two attached hydrogens (primary N) is 1. The highest BCUT2D eigenvalue weighted by Gasteiger charge is 2.26. The Balaban J connectivity index is 1.93. The van der Waals surface area contributed by atoms with Crippen LogP contribution in [0, 0.1) is 5.92 Å². The molecule has 1 aromatic carbocycles. The molecule has 85 valence electrons. The lowest BCUT2D eigenvalue weighted by atomic mass is 9.76. The van der Waals surface area contributed by atoms with E-state index in [0.29, 0.717) is 11.8 Å². The average Bonchev–Trinajstić information content (AvgIpc) is 2.39. The summed E-state index contributed by atoms with van der Waals surface area (Å²) in [6.07, 6.45) is 6.31. The monoisotopic (exact) mass is 216 g/mol. The molecule has 2 N–H and O–H groups in total. The van der Waals surface area contributed by atoms with Gasteiger partial charge in [-0.3, -0.25) is 4.79 Å². The molecule has 1 radical (unpaired) electrons. The summed E-state index contributed by atoms with van der Waals surface area (Å²) in [7, 11) is 0. The zero-order chi connectivity index (χ0) is 11.4. The molecule has 0 amide bonds. The SMILES string of the molecule is NC([C]=O)C1CCC(c2ccccc2)CC1. The highest BCUT2D eigenvalue weighted by Crippen LogP contribution is 2.36. The molecule has 0 saturated heterocycles.